The molecule has 0 amide bonds. The first kappa shape index (κ1) is 23.5. The molecule has 170 valence electrons. The van der Waals surface area contributed by atoms with E-state index in [1.54, 1.807) is 24.3 Å². The van der Waals surface area contributed by atoms with E-state index in [1.165, 1.54) is 44.8 Å². The zero-order chi connectivity index (χ0) is 23.3. The van der Waals surface area contributed by atoms with Crippen LogP contribution in [0.3, 0.4) is 0 Å². The van der Waals surface area contributed by atoms with Crippen molar-refractivity contribution in [3.8, 4) is 17.0 Å². The van der Waals surface area contributed by atoms with E-state index in [0.717, 1.165) is 0 Å². The molecule has 1 aromatic carbocycles. The standard InChI is InChI=1S/C22H22FNO7S/c1-12(25)28-18-11-32-22(21(30-14(3)27)20(18)29-13(2)26)31-16-9-17(23)19(24-10-16)15-7-5-4-6-8-15/h4-10,18,20-22H,11H2,1-3H3/t18-,20+,21-,22-/m1/s1. The second-order valence-electron chi connectivity index (χ2n) is 6.98. The molecule has 4 atom stereocenters. The maximum absolute atomic E-state index is 14.7. The number of thioether (sulfide) groups is 1. The minimum atomic E-state index is -1.10. The third-order valence-electron chi connectivity index (χ3n) is 4.42. The van der Waals surface area contributed by atoms with E-state index in [9.17, 15) is 18.8 Å². The molecule has 0 aliphatic carbocycles. The molecule has 0 N–H and O–H groups in total. The summed E-state index contributed by atoms with van der Waals surface area (Å²) in [5.74, 6) is -2.14. The SMILES string of the molecule is CC(=O)O[C@@H]1[C@@H](OC(C)=O)[C@H](OC(C)=O)CS[C@H]1Oc1cnc(-c2ccccc2)c(F)c1. The van der Waals surface area contributed by atoms with Crippen LogP contribution in [-0.2, 0) is 28.6 Å². The smallest absolute Gasteiger partial charge is 0.303 e. The Labute approximate surface area is 188 Å². The van der Waals surface area contributed by atoms with Gasteiger partial charge < -0.3 is 18.9 Å². The summed E-state index contributed by atoms with van der Waals surface area (Å²) in [4.78, 5) is 39.0. The van der Waals surface area contributed by atoms with E-state index in [0.29, 0.717) is 5.56 Å². The predicted molar refractivity (Wildman–Crippen MR) is 113 cm³/mol. The highest BCUT2D eigenvalue weighted by atomic mass is 32.2. The van der Waals surface area contributed by atoms with Gasteiger partial charge in [-0.15, -0.1) is 11.8 Å². The van der Waals surface area contributed by atoms with Crippen LogP contribution in [0.4, 0.5) is 4.39 Å². The second-order valence-corrected chi connectivity index (χ2v) is 8.11. The maximum atomic E-state index is 14.7. The first-order chi connectivity index (χ1) is 15.2. The summed E-state index contributed by atoms with van der Waals surface area (Å²) in [5, 5.41) is 0. The highest BCUT2D eigenvalue weighted by Gasteiger charge is 2.47. The van der Waals surface area contributed by atoms with Crippen molar-refractivity contribution in [1.82, 2.24) is 4.98 Å². The van der Waals surface area contributed by atoms with Gasteiger partial charge in [0.25, 0.3) is 0 Å². The number of aromatic nitrogens is 1. The lowest BCUT2D eigenvalue weighted by Gasteiger charge is -2.39. The molecule has 3 rings (SSSR count). The van der Waals surface area contributed by atoms with Gasteiger partial charge in [-0.3, -0.25) is 14.4 Å². The quantitative estimate of drug-likeness (QED) is 0.472. The molecule has 0 bridgehead atoms. The summed E-state index contributed by atoms with van der Waals surface area (Å²) in [6.07, 6.45) is -1.68. The van der Waals surface area contributed by atoms with Gasteiger partial charge in [-0.05, 0) is 0 Å². The average molecular weight is 463 g/mol. The van der Waals surface area contributed by atoms with Gasteiger partial charge >= 0.3 is 17.9 Å². The Balaban J connectivity index is 1.85. The number of halogens is 1. The number of carbonyl (C=O) groups excluding carboxylic acids is 3. The van der Waals surface area contributed by atoms with Crippen LogP contribution in [0.25, 0.3) is 11.3 Å². The number of rotatable bonds is 6. The Kier molecular flexibility index (Phi) is 7.68. The molecule has 0 spiro atoms. The van der Waals surface area contributed by atoms with E-state index < -0.39 is 47.5 Å². The Morgan fingerprint density at radius 1 is 0.969 bits per heavy atom. The van der Waals surface area contributed by atoms with Crippen molar-refractivity contribution in [3.05, 3.63) is 48.4 Å². The van der Waals surface area contributed by atoms with Gasteiger partial charge in [0.05, 0.1) is 6.20 Å². The van der Waals surface area contributed by atoms with Crippen LogP contribution >= 0.6 is 11.8 Å². The zero-order valence-electron chi connectivity index (χ0n) is 17.6. The van der Waals surface area contributed by atoms with E-state index in [1.807, 2.05) is 6.07 Å². The van der Waals surface area contributed by atoms with Gasteiger partial charge in [-0.25, -0.2) is 9.37 Å². The zero-order valence-corrected chi connectivity index (χ0v) is 18.5. The van der Waals surface area contributed by atoms with Crippen molar-refractivity contribution in [2.24, 2.45) is 0 Å². The van der Waals surface area contributed by atoms with Crippen LogP contribution < -0.4 is 4.74 Å². The fourth-order valence-electron chi connectivity index (χ4n) is 3.24. The molecule has 2 aromatic rings. The Hall–Kier alpha value is -3.14. The fourth-order valence-corrected chi connectivity index (χ4v) is 4.45. The van der Waals surface area contributed by atoms with Gasteiger partial charge in [-0.1, -0.05) is 30.3 Å². The lowest BCUT2D eigenvalue weighted by Crippen LogP contribution is -2.55. The first-order valence-corrected chi connectivity index (χ1v) is 10.8. The molecular weight excluding hydrogens is 441 g/mol. The molecule has 0 saturated carbocycles. The van der Waals surface area contributed by atoms with Crippen LogP contribution in [-0.4, -0.2) is 52.4 Å². The van der Waals surface area contributed by atoms with E-state index >= 15 is 0 Å². The minimum Gasteiger partial charge on any atom is -0.474 e. The van der Waals surface area contributed by atoms with Gasteiger partial charge in [-0.2, -0.15) is 0 Å². The summed E-state index contributed by atoms with van der Waals surface area (Å²) in [5.41, 5.74) is -0.0853. The monoisotopic (exact) mass is 463 g/mol. The second kappa shape index (κ2) is 10.4. The predicted octanol–water partition coefficient (Wildman–Crippen LogP) is 3.13. The van der Waals surface area contributed by atoms with Crippen LogP contribution in [0.5, 0.6) is 5.75 Å². The number of benzene rings is 1. The Morgan fingerprint density at radius 3 is 2.19 bits per heavy atom. The van der Waals surface area contributed by atoms with Crippen molar-refractivity contribution in [2.45, 2.75) is 44.5 Å². The number of hydrogen-bond acceptors (Lipinski definition) is 9. The van der Waals surface area contributed by atoms with Crippen LogP contribution in [0, 0.1) is 5.82 Å². The van der Waals surface area contributed by atoms with Gasteiger partial charge in [0.2, 0.25) is 0 Å². The third kappa shape index (κ3) is 5.97. The minimum absolute atomic E-state index is 0.101. The molecule has 0 radical (unpaired) electrons. The summed E-state index contributed by atoms with van der Waals surface area (Å²) in [6, 6.07) is 10.0. The molecule has 8 nitrogen and oxygen atoms in total. The van der Waals surface area contributed by atoms with Crippen molar-refractivity contribution in [2.75, 3.05) is 5.75 Å². The molecule has 1 saturated heterocycles. The highest BCUT2D eigenvalue weighted by molar-refractivity contribution is 7.99. The number of nitrogens with zero attached hydrogens (tertiary/aromatic N) is 1. The average Bonchev–Trinajstić information content (AvgIpc) is 2.72. The molecule has 1 fully saturated rings. The third-order valence-corrected chi connectivity index (χ3v) is 5.63. The number of esters is 3. The summed E-state index contributed by atoms with van der Waals surface area (Å²) >= 11 is 1.18. The van der Waals surface area contributed by atoms with Crippen LogP contribution in [0.2, 0.25) is 0 Å². The Morgan fingerprint density at radius 2 is 1.59 bits per heavy atom. The number of ether oxygens (including phenoxy) is 4. The molecule has 1 aliphatic heterocycles. The van der Waals surface area contributed by atoms with Gasteiger partial charge in [0.1, 0.15) is 11.4 Å². The van der Waals surface area contributed by atoms with Crippen LogP contribution in [0.15, 0.2) is 42.6 Å². The van der Waals surface area contributed by atoms with Crippen molar-refractivity contribution in [1.29, 1.82) is 0 Å². The molecule has 2 heterocycles. The van der Waals surface area contributed by atoms with Gasteiger partial charge in [0, 0.05) is 38.2 Å². The normalized spacial score (nSPS) is 22.5. The van der Waals surface area contributed by atoms with Crippen LogP contribution in [0.1, 0.15) is 20.8 Å². The maximum Gasteiger partial charge on any atom is 0.303 e. The summed E-state index contributed by atoms with van der Waals surface area (Å²) < 4.78 is 36.5. The number of pyridine rings is 1. The molecular formula is C22H22FNO7S. The molecule has 1 aliphatic rings. The van der Waals surface area contributed by atoms with Gasteiger partial charge in [0.15, 0.2) is 29.6 Å². The highest BCUT2D eigenvalue weighted by Crippen LogP contribution is 2.35. The molecule has 32 heavy (non-hydrogen) atoms. The topological polar surface area (TPSA) is 101 Å². The molecule has 1 aromatic heterocycles. The van der Waals surface area contributed by atoms with E-state index in [4.69, 9.17) is 18.9 Å². The number of carbonyl (C=O) groups is 3. The van der Waals surface area contributed by atoms with Crippen molar-refractivity contribution >= 4 is 29.7 Å². The molecule has 10 heteroatoms. The molecule has 0 unspecified atom stereocenters. The number of hydrogen-bond donors (Lipinski definition) is 0. The summed E-state index contributed by atoms with van der Waals surface area (Å²) in [6.45, 7) is 3.61. The van der Waals surface area contributed by atoms with E-state index in [-0.39, 0.29) is 17.2 Å². The Bertz CT molecular complexity index is 987. The first-order valence-electron chi connectivity index (χ1n) is 9.75. The fraction of sp³-hybridized carbons (Fsp3) is 0.364. The summed E-state index contributed by atoms with van der Waals surface area (Å²) in [7, 11) is 0. The van der Waals surface area contributed by atoms with E-state index in [2.05, 4.69) is 4.98 Å². The van der Waals surface area contributed by atoms with Crippen molar-refractivity contribution in [3.63, 3.8) is 0 Å². The lowest BCUT2D eigenvalue weighted by molar-refractivity contribution is -0.186. The largest absolute Gasteiger partial charge is 0.474 e. The van der Waals surface area contributed by atoms with Crippen molar-refractivity contribution < 1.29 is 37.7 Å². The lowest BCUT2D eigenvalue weighted by atomic mass is 10.1.